The van der Waals surface area contributed by atoms with Gasteiger partial charge in [0.15, 0.2) is 0 Å². The third kappa shape index (κ3) is 3.36. The standard InChI is InChI=1S/C10H15NO4/c1-2-8(10(13)14)7-9(12)11-3-5-15-6-4-11/h2H,3-7H2,1H3,(H,13,14)/b8-2-. The summed E-state index contributed by atoms with van der Waals surface area (Å²) in [5.41, 5.74) is 0.145. The van der Waals surface area contributed by atoms with Crippen LogP contribution in [0.4, 0.5) is 0 Å². The van der Waals surface area contributed by atoms with E-state index in [1.54, 1.807) is 11.8 Å². The van der Waals surface area contributed by atoms with Crippen molar-refractivity contribution in [3.8, 4) is 0 Å². The van der Waals surface area contributed by atoms with E-state index in [9.17, 15) is 9.59 Å². The molecule has 5 heteroatoms. The van der Waals surface area contributed by atoms with Crippen molar-refractivity contribution in [1.82, 2.24) is 4.90 Å². The fourth-order valence-electron chi connectivity index (χ4n) is 1.39. The summed E-state index contributed by atoms with van der Waals surface area (Å²) >= 11 is 0. The first-order valence-electron chi connectivity index (χ1n) is 4.89. The third-order valence-corrected chi connectivity index (χ3v) is 2.33. The van der Waals surface area contributed by atoms with Gasteiger partial charge in [0.1, 0.15) is 0 Å². The molecule has 1 aliphatic heterocycles. The minimum Gasteiger partial charge on any atom is -0.478 e. The van der Waals surface area contributed by atoms with Crippen LogP contribution in [0.15, 0.2) is 11.6 Å². The van der Waals surface area contributed by atoms with Crippen LogP contribution in [0.3, 0.4) is 0 Å². The average molecular weight is 213 g/mol. The third-order valence-electron chi connectivity index (χ3n) is 2.33. The van der Waals surface area contributed by atoms with Crippen molar-refractivity contribution in [2.45, 2.75) is 13.3 Å². The van der Waals surface area contributed by atoms with Gasteiger partial charge in [-0.3, -0.25) is 4.79 Å². The molecule has 0 aliphatic carbocycles. The van der Waals surface area contributed by atoms with E-state index >= 15 is 0 Å². The molecule has 1 saturated heterocycles. The lowest BCUT2D eigenvalue weighted by molar-refractivity contribution is -0.138. The SMILES string of the molecule is C/C=C(/CC(=O)N1CCOCC1)C(=O)O. The summed E-state index contributed by atoms with van der Waals surface area (Å²) in [4.78, 5) is 24.0. The van der Waals surface area contributed by atoms with E-state index in [-0.39, 0.29) is 17.9 Å². The molecule has 0 aromatic heterocycles. The van der Waals surface area contributed by atoms with Gasteiger partial charge < -0.3 is 14.7 Å². The molecule has 1 N–H and O–H groups in total. The lowest BCUT2D eigenvalue weighted by Crippen LogP contribution is -2.41. The van der Waals surface area contributed by atoms with Gasteiger partial charge in [0.2, 0.25) is 5.91 Å². The largest absolute Gasteiger partial charge is 0.478 e. The van der Waals surface area contributed by atoms with Crippen LogP contribution in [0.25, 0.3) is 0 Å². The Morgan fingerprint density at radius 3 is 2.47 bits per heavy atom. The Balaban J connectivity index is 2.50. The Kier molecular flexibility index (Phi) is 4.30. The summed E-state index contributed by atoms with van der Waals surface area (Å²) in [6, 6.07) is 0. The Hall–Kier alpha value is -1.36. The van der Waals surface area contributed by atoms with Crippen LogP contribution in [-0.4, -0.2) is 48.2 Å². The Morgan fingerprint density at radius 1 is 1.40 bits per heavy atom. The fourth-order valence-corrected chi connectivity index (χ4v) is 1.39. The molecule has 1 fully saturated rings. The van der Waals surface area contributed by atoms with Gasteiger partial charge in [0.25, 0.3) is 0 Å². The lowest BCUT2D eigenvalue weighted by atomic mass is 10.1. The molecule has 0 spiro atoms. The smallest absolute Gasteiger partial charge is 0.331 e. The highest BCUT2D eigenvalue weighted by atomic mass is 16.5. The number of carboxylic acids is 1. The molecule has 0 aromatic carbocycles. The number of hydrogen-bond acceptors (Lipinski definition) is 3. The average Bonchev–Trinajstić information content (AvgIpc) is 2.26. The highest BCUT2D eigenvalue weighted by Gasteiger charge is 2.19. The quantitative estimate of drug-likeness (QED) is 0.683. The number of nitrogens with zero attached hydrogens (tertiary/aromatic N) is 1. The van der Waals surface area contributed by atoms with Crippen LogP contribution in [0.1, 0.15) is 13.3 Å². The number of amides is 1. The predicted octanol–water partition coefficient (Wildman–Crippen LogP) is 0.266. The van der Waals surface area contributed by atoms with Gasteiger partial charge in [0, 0.05) is 18.7 Å². The zero-order valence-corrected chi connectivity index (χ0v) is 8.73. The first-order valence-corrected chi connectivity index (χ1v) is 4.89. The summed E-state index contributed by atoms with van der Waals surface area (Å²) in [5, 5.41) is 8.76. The second kappa shape index (κ2) is 5.50. The fraction of sp³-hybridized carbons (Fsp3) is 0.600. The normalized spacial score (nSPS) is 17.7. The number of aliphatic carboxylic acids is 1. The van der Waals surface area contributed by atoms with E-state index < -0.39 is 5.97 Å². The van der Waals surface area contributed by atoms with Crippen LogP contribution in [0.5, 0.6) is 0 Å². The van der Waals surface area contributed by atoms with E-state index in [0.29, 0.717) is 26.3 Å². The zero-order valence-electron chi connectivity index (χ0n) is 8.73. The second-order valence-electron chi connectivity index (χ2n) is 3.29. The van der Waals surface area contributed by atoms with Crippen LogP contribution >= 0.6 is 0 Å². The van der Waals surface area contributed by atoms with Gasteiger partial charge in [0.05, 0.1) is 19.6 Å². The van der Waals surface area contributed by atoms with Crippen molar-refractivity contribution in [3.63, 3.8) is 0 Å². The van der Waals surface area contributed by atoms with E-state index in [2.05, 4.69) is 0 Å². The molecule has 84 valence electrons. The number of carboxylic acid groups (broad SMARTS) is 1. The second-order valence-corrected chi connectivity index (χ2v) is 3.29. The van der Waals surface area contributed by atoms with E-state index in [0.717, 1.165) is 0 Å². The summed E-state index contributed by atoms with van der Waals surface area (Å²) in [7, 11) is 0. The van der Waals surface area contributed by atoms with Gasteiger partial charge in [-0.2, -0.15) is 0 Å². The molecule has 0 aromatic rings. The molecule has 15 heavy (non-hydrogen) atoms. The van der Waals surface area contributed by atoms with E-state index in [1.807, 2.05) is 0 Å². The lowest BCUT2D eigenvalue weighted by Gasteiger charge is -2.26. The monoisotopic (exact) mass is 213 g/mol. The maximum atomic E-state index is 11.6. The maximum absolute atomic E-state index is 11.6. The summed E-state index contributed by atoms with van der Waals surface area (Å²) < 4.78 is 5.10. The number of carbonyl (C=O) groups is 2. The van der Waals surface area contributed by atoms with Crippen molar-refractivity contribution < 1.29 is 19.4 Å². The first-order chi connectivity index (χ1) is 7.15. The summed E-state index contributed by atoms with van der Waals surface area (Å²) in [6.45, 7) is 3.79. The Labute approximate surface area is 88.3 Å². The number of hydrogen-bond donors (Lipinski definition) is 1. The zero-order chi connectivity index (χ0) is 11.3. The maximum Gasteiger partial charge on any atom is 0.331 e. The number of morpholine rings is 1. The van der Waals surface area contributed by atoms with Crippen molar-refractivity contribution in [2.24, 2.45) is 0 Å². The molecule has 0 radical (unpaired) electrons. The van der Waals surface area contributed by atoms with Crippen LogP contribution in [-0.2, 0) is 14.3 Å². The molecular formula is C10H15NO4. The molecular weight excluding hydrogens is 198 g/mol. The molecule has 0 atom stereocenters. The molecule has 0 saturated carbocycles. The Bertz CT molecular complexity index is 279. The number of carbonyl (C=O) groups excluding carboxylic acids is 1. The van der Waals surface area contributed by atoms with Gasteiger partial charge in [-0.1, -0.05) is 6.08 Å². The van der Waals surface area contributed by atoms with Gasteiger partial charge >= 0.3 is 5.97 Å². The van der Waals surface area contributed by atoms with Crippen LogP contribution in [0, 0.1) is 0 Å². The van der Waals surface area contributed by atoms with Crippen LogP contribution < -0.4 is 0 Å². The molecule has 1 amide bonds. The van der Waals surface area contributed by atoms with E-state index in [1.165, 1.54) is 6.08 Å². The predicted molar refractivity (Wildman–Crippen MR) is 53.4 cm³/mol. The molecule has 0 unspecified atom stereocenters. The van der Waals surface area contributed by atoms with E-state index in [4.69, 9.17) is 9.84 Å². The van der Waals surface area contributed by atoms with Gasteiger partial charge in [-0.05, 0) is 6.92 Å². The summed E-state index contributed by atoms with van der Waals surface area (Å²) in [5.74, 6) is -1.17. The molecule has 0 bridgehead atoms. The molecule has 1 rings (SSSR count). The number of allylic oxidation sites excluding steroid dienone is 1. The number of ether oxygens (including phenoxy) is 1. The van der Waals surface area contributed by atoms with Gasteiger partial charge in [-0.15, -0.1) is 0 Å². The highest BCUT2D eigenvalue weighted by molar-refractivity contribution is 5.93. The van der Waals surface area contributed by atoms with Gasteiger partial charge in [-0.25, -0.2) is 4.79 Å². The number of rotatable bonds is 3. The van der Waals surface area contributed by atoms with Crippen molar-refractivity contribution in [3.05, 3.63) is 11.6 Å². The Morgan fingerprint density at radius 2 is 2.00 bits per heavy atom. The van der Waals surface area contributed by atoms with Crippen molar-refractivity contribution in [1.29, 1.82) is 0 Å². The summed E-state index contributed by atoms with van der Waals surface area (Å²) in [6.07, 6.45) is 1.42. The molecule has 5 nitrogen and oxygen atoms in total. The minimum absolute atomic E-state index is 0.0359. The molecule has 1 heterocycles. The van der Waals surface area contributed by atoms with Crippen LogP contribution in [0.2, 0.25) is 0 Å². The highest BCUT2D eigenvalue weighted by Crippen LogP contribution is 2.07. The molecule has 1 aliphatic rings. The van der Waals surface area contributed by atoms with Crippen molar-refractivity contribution >= 4 is 11.9 Å². The minimum atomic E-state index is -1.03. The topological polar surface area (TPSA) is 66.8 Å². The first kappa shape index (κ1) is 11.7. The van der Waals surface area contributed by atoms with Crippen molar-refractivity contribution in [2.75, 3.05) is 26.3 Å².